The second kappa shape index (κ2) is 7.02. The fourth-order valence-corrected chi connectivity index (χ4v) is 2.36. The molecular formula is C13H24ClN3. The van der Waals surface area contributed by atoms with Crippen molar-refractivity contribution >= 4 is 11.6 Å². The van der Waals surface area contributed by atoms with Gasteiger partial charge in [-0.25, -0.2) is 0 Å². The molecule has 1 aromatic rings. The Labute approximate surface area is 109 Å². The highest BCUT2D eigenvalue weighted by atomic mass is 35.5. The third-order valence-electron chi connectivity index (χ3n) is 3.21. The number of aryl methyl sites for hydroxylation is 2. The number of halogens is 1. The second-order valence-corrected chi connectivity index (χ2v) is 4.82. The molecule has 1 heterocycles. The molecule has 1 rings (SSSR count). The quantitative estimate of drug-likeness (QED) is 0.815. The maximum absolute atomic E-state index is 6.34. The highest BCUT2D eigenvalue weighted by Gasteiger charge is 2.13. The van der Waals surface area contributed by atoms with Crippen LogP contribution < -0.4 is 5.73 Å². The number of nitrogens with two attached hydrogens (primary N) is 1. The third kappa shape index (κ3) is 3.71. The summed E-state index contributed by atoms with van der Waals surface area (Å²) in [5.74, 6) is 0. The van der Waals surface area contributed by atoms with E-state index in [9.17, 15) is 0 Å². The zero-order chi connectivity index (χ0) is 12.8. The number of hydrogen-bond donors (Lipinski definition) is 1. The van der Waals surface area contributed by atoms with Crippen LogP contribution in [0.3, 0.4) is 0 Å². The molecule has 0 aromatic carbocycles. The summed E-state index contributed by atoms with van der Waals surface area (Å²) in [4.78, 5) is 0. The first kappa shape index (κ1) is 14.5. The lowest BCUT2D eigenvalue weighted by Gasteiger charge is -2.09. The molecule has 0 fully saturated rings. The minimum Gasteiger partial charge on any atom is -0.328 e. The minimum atomic E-state index is 0.317. The zero-order valence-electron chi connectivity index (χ0n) is 11.2. The predicted molar refractivity (Wildman–Crippen MR) is 73.5 cm³/mol. The second-order valence-electron chi connectivity index (χ2n) is 4.44. The van der Waals surface area contributed by atoms with E-state index in [4.69, 9.17) is 17.3 Å². The summed E-state index contributed by atoms with van der Waals surface area (Å²) in [6.45, 7) is 7.20. The van der Waals surface area contributed by atoms with Crippen LogP contribution in [0.2, 0.25) is 5.02 Å². The van der Waals surface area contributed by atoms with E-state index in [0.29, 0.717) is 6.04 Å². The van der Waals surface area contributed by atoms with Gasteiger partial charge in [0.05, 0.1) is 16.4 Å². The zero-order valence-corrected chi connectivity index (χ0v) is 11.9. The van der Waals surface area contributed by atoms with Gasteiger partial charge in [-0.15, -0.1) is 0 Å². The number of rotatable bonds is 7. The molecule has 0 aliphatic rings. The van der Waals surface area contributed by atoms with Gasteiger partial charge in [0.2, 0.25) is 0 Å². The van der Waals surface area contributed by atoms with Gasteiger partial charge in [0.15, 0.2) is 0 Å². The Bertz CT molecular complexity index is 347. The van der Waals surface area contributed by atoms with Crippen molar-refractivity contribution in [3.63, 3.8) is 0 Å². The van der Waals surface area contributed by atoms with E-state index in [1.165, 1.54) is 5.69 Å². The predicted octanol–water partition coefficient (Wildman–Crippen LogP) is 3.18. The first-order valence-electron chi connectivity index (χ1n) is 6.63. The summed E-state index contributed by atoms with van der Waals surface area (Å²) >= 11 is 6.34. The van der Waals surface area contributed by atoms with Gasteiger partial charge in [0.25, 0.3) is 0 Å². The average Bonchev–Trinajstić information content (AvgIpc) is 2.65. The lowest BCUT2D eigenvalue weighted by atomic mass is 10.1. The van der Waals surface area contributed by atoms with Gasteiger partial charge in [0, 0.05) is 12.6 Å². The van der Waals surface area contributed by atoms with Gasteiger partial charge in [-0.1, -0.05) is 25.4 Å². The largest absolute Gasteiger partial charge is 0.328 e. The minimum absolute atomic E-state index is 0.317. The number of aromatic nitrogens is 2. The van der Waals surface area contributed by atoms with Crippen LogP contribution in [0, 0.1) is 0 Å². The van der Waals surface area contributed by atoms with Crippen molar-refractivity contribution in [3.05, 3.63) is 16.4 Å². The van der Waals surface area contributed by atoms with E-state index < -0.39 is 0 Å². The van der Waals surface area contributed by atoms with E-state index >= 15 is 0 Å². The van der Waals surface area contributed by atoms with Gasteiger partial charge in [-0.2, -0.15) is 5.10 Å². The van der Waals surface area contributed by atoms with E-state index in [0.717, 1.165) is 49.4 Å². The maximum atomic E-state index is 6.34. The summed E-state index contributed by atoms with van der Waals surface area (Å²) in [5, 5.41) is 5.38. The van der Waals surface area contributed by atoms with Crippen LogP contribution in [0.5, 0.6) is 0 Å². The van der Waals surface area contributed by atoms with Crippen molar-refractivity contribution in [2.24, 2.45) is 5.73 Å². The molecule has 2 N–H and O–H groups in total. The smallest absolute Gasteiger partial charge is 0.0849 e. The van der Waals surface area contributed by atoms with Crippen LogP contribution >= 0.6 is 11.6 Å². The van der Waals surface area contributed by atoms with Gasteiger partial charge in [-0.05, 0) is 39.0 Å². The highest BCUT2D eigenvalue weighted by Crippen LogP contribution is 2.23. The fraction of sp³-hybridized carbons (Fsp3) is 0.769. The summed E-state index contributed by atoms with van der Waals surface area (Å²) < 4.78 is 2.03. The Kier molecular flexibility index (Phi) is 6.00. The van der Waals surface area contributed by atoms with Gasteiger partial charge >= 0.3 is 0 Å². The van der Waals surface area contributed by atoms with Crippen molar-refractivity contribution in [2.45, 2.75) is 65.5 Å². The topological polar surface area (TPSA) is 43.8 Å². The van der Waals surface area contributed by atoms with Crippen molar-refractivity contribution < 1.29 is 0 Å². The molecule has 0 spiro atoms. The highest BCUT2D eigenvalue weighted by molar-refractivity contribution is 6.31. The summed E-state index contributed by atoms with van der Waals surface area (Å²) in [5.41, 5.74) is 8.11. The third-order valence-corrected chi connectivity index (χ3v) is 3.64. The van der Waals surface area contributed by atoms with Gasteiger partial charge < -0.3 is 5.73 Å². The lowest BCUT2D eigenvalue weighted by molar-refractivity contribution is 0.546. The molecule has 0 amide bonds. The van der Waals surface area contributed by atoms with E-state index in [1.54, 1.807) is 0 Å². The Morgan fingerprint density at radius 2 is 2.06 bits per heavy atom. The molecule has 1 atom stereocenters. The molecule has 3 nitrogen and oxygen atoms in total. The first-order valence-corrected chi connectivity index (χ1v) is 7.01. The van der Waals surface area contributed by atoms with E-state index in [2.05, 4.69) is 25.9 Å². The number of hydrogen-bond acceptors (Lipinski definition) is 2. The van der Waals surface area contributed by atoms with Crippen molar-refractivity contribution in [1.29, 1.82) is 0 Å². The molecule has 0 aliphatic carbocycles. The Hall–Kier alpha value is -0.540. The first-order chi connectivity index (χ1) is 8.13. The molecular weight excluding hydrogens is 234 g/mol. The van der Waals surface area contributed by atoms with Crippen molar-refractivity contribution in [1.82, 2.24) is 9.78 Å². The van der Waals surface area contributed by atoms with Gasteiger partial charge in [0.1, 0.15) is 0 Å². The van der Waals surface area contributed by atoms with Crippen molar-refractivity contribution in [2.75, 3.05) is 0 Å². The van der Waals surface area contributed by atoms with E-state index in [-0.39, 0.29) is 0 Å². The maximum Gasteiger partial charge on any atom is 0.0849 e. The lowest BCUT2D eigenvalue weighted by Crippen LogP contribution is -2.18. The van der Waals surface area contributed by atoms with Crippen LogP contribution in [0.15, 0.2) is 0 Å². The van der Waals surface area contributed by atoms with Crippen LogP contribution in [0.1, 0.15) is 51.4 Å². The van der Waals surface area contributed by atoms with Crippen LogP contribution in [0.25, 0.3) is 0 Å². The molecule has 1 unspecified atom stereocenters. The number of nitrogens with zero attached hydrogens (tertiary/aromatic N) is 2. The molecule has 0 bridgehead atoms. The molecule has 0 aliphatic heterocycles. The molecule has 1 aromatic heterocycles. The Morgan fingerprint density at radius 3 is 2.59 bits per heavy atom. The Balaban J connectivity index is 2.66. The SMILES string of the molecule is CCc1nn(CC)c(CCCC(N)CC)c1Cl. The normalized spacial score (nSPS) is 13.0. The van der Waals surface area contributed by atoms with Crippen LogP contribution in [0.4, 0.5) is 0 Å². The monoisotopic (exact) mass is 257 g/mol. The standard InChI is InChI=1S/C13H24ClN3/c1-4-10(15)8-7-9-12-13(14)11(5-2)16-17(12)6-3/h10H,4-9,15H2,1-3H3. The summed E-state index contributed by atoms with van der Waals surface area (Å²) in [7, 11) is 0. The molecule has 0 saturated heterocycles. The summed E-state index contributed by atoms with van der Waals surface area (Å²) in [6, 6.07) is 0.317. The van der Waals surface area contributed by atoms with Crippen LogP contribution in [-0.2, 0) is 19.4 Å². The van der Waals surface area contributed by atoms with Crippen LogP contribution in [-0.4, -0.2) is 15.8 Å². The molecule has 98 valence electrons. The molecule has 4 heteroatoms. The fourth-order valence-electron chi connectivity index (χ4n) is 1.99. The van der Waals surface area contributed by atoms with E-state index in [1.807, 2.05) is 4.68 Å². The summed E-state index contributed by atoms with van der Waals surface area (Å²) in [6.07, 6.45) is 5.06. The van der Waals surface area contributed by atoms with Gasteiger partial charge in [-0.3, -0.25) is 4.68 Å². The molecule has 0 saturated carbocycles. The van der Waals surface area contributed by atoms with Crippen molar-refractivity contribution in [3.8, 4) is 0 Å². The molecule has 17 heavy (non-hydrogen) atoms. The average molecular weight is 258 g/mol. The Morgan fingerprint density at radius 1 is 1.35 bits per heavy atom. The molecule has 0 radical (unpaired) electrons.